The van der Waals surface area contributed by atoms with Gasteiger partial charge in [0.2, 0.25) is 0 Å². The zero-order chi connectivity index (χ0) is 25.4. The van der Waals surface area contributed by atoms with Crippen LogP contribution in [-0.4, -0.2) is 43.6 Å². The van der Waals surface area contributed by atoms with Gasteiger partial charge >= 0.3 is 5.97 Å². The second-order valence-electron chi connectivity index (χ2n) is 8.59. The summed E-state index contributed by atoms with van der Waals surface area (Å²) in [7, 11) is 0. The summed E-state index contributed by atoms with van der Waals surface area (Å²) in [5.74, 6) is -1.88. The summed E-state index contributed by atoms with van der Waals surface area (Å²) in [5.41, 5.74) is 2.38. The Morgan fingerprint density at radius 1 is 1.22 bits per heavy atom. The maximum atomic E-state index is 12.8. The highest BCUT2D eigenvalue weighted by atomic mass is 16.4. The van der Waals surface area contributed by atoms with Crippen molar-refractivity contribution < 1.29 is 24.2 Å². The van der Waals surface area contributed by atoms with Crippen molar-refractivity contribution in [1.29, 1.82) is 0 Å². The van der Waals surface area contributed by atoms with Gasteiger partial charge in [0.15, 0.2) is 5.43 Å². The Hall–Kier alpha value is -4.73. The zero-order valence-electron chi connectivity index (χ0n) is 19.3. The maximum Gasteiger partial charge on any atom is 0.332 e. The summed E-state index contributed by atoms with van der Waals surface area (Å²) >= 11 is 0. The van der Waals surface area contributed by atoms with Crippen molar-refractivity contribution in [1.82, 2.24) is 20.3 Å². The number of carbonyl (C=O) groups excluding carboxylic acids is 1. The molecule has 2 aromatic rings. The van der Waals surface area contributed by atoms with Gasteiger partial charge in [-0.2, -0.15) is 0 Å². The van der Waals surface area contributed by atoms with Crippen LogP contribution in [0.15, 0.2) is 75.1 Å². The van der Waals surface area contributed by atoms with Gasteiger partial charge in [-0.1, -0.05) is 11.3 Å². The standard InChI is InChI=1S/C26H22N4O6/c1-14-13-30(29-28-14)9-8-27-25(33)15-2-5-18(21(10-15)26(34)35)24-19-6-3-16(31)11-22(19)36-23-12-17(32)4-7-20(23)24/h2-4,6-7,10-13,18,31H,5,8-9H2,1H3,(H,27,33)(H,34,35). The third kappa shape index (κ3) is 4.36. The number of rotatable bonds is 6. The number of aromatic hydroxyl groups is 1. The van der Waals surface area contributed by atoms with Crippen LogP contribution in [0, 0.1) is 6.92 Å². The number of phenolic OH excluding ortho intramolecular Hbond substituents is 1. The van der Waals surface area contributed by atoms with Crippen molar-refractivity contribution in [3.05, 3.63) is 87.4 Å². The van der Waals surface area contributed by atoms with Gasteiger partial charge in [0.25, 0.3) is 5.91 Å². The third-order valence-corrected chi connectivity index (χ3v) is 6.12. The van der Waals surface area contributed by atoms with Crippen LogP contribution in [-0.2, 0) is 16.1 Å². The number of aliphatic carboxylic acids is 1. The summed E-state index contributed by atoms with van der Waals surface area (Å²) < 4.78 is 7.47. The molecule has 10 nitrogen and oxygen atoms in total. The van der Waals surface area contributed by atoms with Crippen molar-refractivity contribution in [2.45, 2.75) is 25.8 Å². The second kappa shape index (κ2) is 9.14. The van der Waals surface area contributed by atoms with Gasteiger partial charge in [-0.15, -0.1) is 5.10 Å². The Labute approximate surface area is 204 Å². The summed E-state index contributed by atoms with van der Waals surface area (Å²) in [6, 6.07) is 8.92. The molecule has 1 aliphatic heterocycles. The van der Waals surface area contributed by atoms with E-state index in [1.54, 1.807) is 29.1 Å². The molecule has 1 aromatic heterocycles. The number of aromatic nitrogens is 3. The van der Waals surface area contributed by atoms with E-state index in [0.29, 0.717) is 35.2 Å². The minimum absolute atomic E-state index is 0.0209. The Kier molecular flexibility index (Phi) is 5.85. The first-order valence-electron chi connectivity index (χ1n) is 11.3. The van der Waals surface area contributed by atoms with Crippen LogP contribution in [0.3, 0.4) is 0 Å². The maximum absolute atomic E-state index is 12.8. The topological polar surface area (TPSA) is 148 Å². The molecule has 0 saturated carbocycles. The minimum Gasteiger partial charge on any atom is -0.508 e. The molecule has 1 aromatic carbocycles. The van der Waals surface area contributed by atoms with Gasteiger partial charge in [-0.3, -0.25) is 14.3 Å². The highest BCUT2D eigenvalue weighted by molar-refractivity contribution is 6.01. The highest BCUT2D eigenvalue weighted by Crippen LogP contribution is 2.44. The molecule has 3 N–H and O–H groups in total. The first-order valence-corrected chi connectivity index (χ1v) is 11.3. The van der Waals surface area contributed by atoms with E-state index in [-0.39, 0.29) is 40.4 Å². The first kappa shape index (κ1) is 23.0. The number of hydrogen-bond acceptors (Lipinski definition) is 7. The summed E-state index contributed by atoms with van der Waals surface area (Å²) in [6.45, 7) is 2.55. The lowest BCUT2D eigenvalue weighted by molar-refractivity contribution is -0.133. The lowest BCUT2D eigenvalue weighted by Crippen LogP contribution is -2.29. The quantitative estimate of drug-likeness (QED) is 0.353. The van der Waals surface area contributed by atoms with E-state index in [1.807, 2.05) is 6.92 Å². The fourth-order valence-electron chi connectivity index (χ4n) is 4.50. The molecule has 0 spiro atoms. The number of carboxylic acid groups (broad SMARTS) is 1. The molecule has 0 saturated heterocycles. The van der Waals surface area contributed by atoms with Gasteiger partial charge in [0.05, 0.1) is 12.2 Å². The molecule has 0 bridgehead atoms. The number of benzene rings is 2. The molecule has 0 fully saturated rings. The molecule has 2 heterocycles. The number of aryl methyl sites for hydroxylation is 1. The summed E-state index contributed by atoms with van der Waals surface area (Å²) in [5, 5.41) is 31.2. The number of carbonyl (C=O) groups is 2. The van der Waals surface area contributed by atoms with Gasteiger partial charge in [-0.25, -0.2) is 4.79 Å². The number of phenols is 1. The zero-order valence-corrected chi connectivity index (χ0v) is 19.3. The SMILES string of the molecule is Cc1cn(CCNC(=O)C2=CCC(c3c4ccc(=O)cc-4oc4cc(O)ccc34)C(C(=O)O)=C2)nn1. The number of nitrogens with zero attached hydrogens (tertiary/aromatic N) is 3. The normalized spacial score (nSPS) is 15.5. The van der Waals surface area contributed by atoms with Gasteiger partial charge < -0.3 is 19.9 Å². The molecule has 2 aliphatic carbocycles. The molecule has 182 valence electrons. The minimum atomic E-state index is -1.15. The number of carboxylic acids is 1. The van der Waals surface area contributed by atoms with Crippen molar-refractivity contribution in [3.63, 3.8) is 0 Å². The lowest BCUT2D eigenvalue weighted by atomic mass is 9.79. The summed E-state index contributed by atoms with van der Waals surface area (Å²) in [4.78, 5) is 37.1. The van der Waals surface area contributed by atoms with Crippen LogP contribution in [0.4, 0.5) is 0 Å². The van der Waals surface area contributed by atoms with Crippen molar-refractivity contribution in [2.75, 3.05) is 6.54 Å². The Morgan fingerprint density at radius 2 is 2.06 bits per heavy atom. The number of fused-ring (bicyclic) bond motifs is 2. The van der Waals surface area contributed by atoms with Crippen LogP contribution in [0.1, 0.15) is 23.6 Å². The van der Waals surface area contributed by atoms with E-state index in [9.17, 15) is 24.6 Å². The van der Waals surface area contributed by atoms with E-state index in [2.05, 4.69) is 15.6 Å². The molecular weight excluding hydrogens is 464 g/mol. The average Bonchev–Trinajstić information content (AvgIpc) is 3.26. The number of amides is 1. The van der Waals surface area contributed by atoms with Crippen LogP contribution in [0.25, 0.3) is 22.3 Å². The van der Waals surface area contributed by atoms with Crippen LogP contribution >= 0.6 is 0 Å². The smallest absolute Gasteiger partial charge is 0.332 e. The molecule has 1 unspecified atom stereocenters. The van der Waals surface area contributed by atoms with Crippen molar-refractivity contribution >= 4 is 22.8 Å². The van der Waals surface area contributed by atoms with Crippen molar-refractivity contribution in [2.24, 2.45) is 0 Å². The van der Waals surface area contributed by atoms with Gasteiger partial charge in [-0.05, 0) is 49.2 Å². The molecule has 1 amide bonds. The van der Waals surface area contributed by atoms with Gasteiger partial charge in [0.1, 0.15) is 17.1 Å². The first-order chi connectivity index (χ1) is 17.3. The average molecular weight is 486 g/mol. The number of nitrogens with one attached hydrogen (secondary N) is 1. The monoisotopic (exact) mass is 486 g/mol. The molecule has 0 radical (unpaired) electrons. The fourth-order valence-corrected chi connectivity index (χ4v) is 4.50. The van der Waals surface area contributed by atoms with E-state index in [0.717, 1.165) is 5.69 Å². The molecular formula is C26H22N4O6. The molecule has 1 atom stereocenters. The Morgan fingerprint density at radius 3 is 2.81 bits per heavy atom. The summed E-state index contributed by atoms with van der Waals surface area (Å²) in [6.07, 6.45) is 5.10. The number of allylic oxidation sites excluding steroid dienone is 1. The van der Waals surface area contributed by atoms with E-state index < -0.39 is 11.9 Å². The van der Waals surface area contributed by atoms with E-state index in [4.69, 9.17) is 4.42 Å². The second-order valence-corrected chi connectivity index (χ2v) is 8.59. The molecule has 10 heteroatoms. The largest absolute Gasteiger partial charge is 0.508 e. The van der Waals surface area contributed by atoms with E-state index in [1.165, 1.54) is 30.3 Å². The van der Waals surface area contributed by atoms with Crippen molar-refractivity contribution in [3.8, 4) is 17.1 Å². The Bertz CT molecular complexity index is 1600. The Balaban J connectivity index is 1.49. The van der Waals surface area contributed by atoms with Crippen LogP contribution in [0.5, 0.6) is 5.75 Å². The molecule has 3 aliphatic rings. The highest BCUT2D eigenvalue weighted by Gasteiger charge is 2.31. The predicted molar refractivity (Wildman–Crippen MR) is 130 cm³/mol. The van der Waals surface area contributed by atoms with E-state index >= 15 is 0 Å². The van der Waals surface area contributed by atoms with Crippen LogP contribution in [0.2, 0.25) is 0 Å². The number of hydrogen-bond donors (Lipinski definition) is 3. The lowest BCUT2D eigenvalue weighted by Gasteiger charge is -2.25. The fraction of sp³-hybridized carbons (Fsp3) is 0.192. The molecule has 5 rings (SSSR count). The van der Waals surface area contributed by atoms with Gasteiger partial charge in [0, 0.05) is 52.9 Å². The third-order valence-electron chi connectivity index (χ3n) is 6.12. The van der Waals surface area contributed by atoms with Crippen LogP contribution < -0.4 is 10.7 Å². The predicted octanol–water partition coefficient (Wildman–Crippen LogP) is 2.74. The molecule has 36 heavy (non-hydrogen) atoms.